The van der Waals surface area contributed by atoms with E-state index in [0.717, 1.165) is 29.7 Å². The second kappa shape index (κ2) is 9.75. The van der Waals surface area contributed by atoms with Gasteiger partial charge >= 0.3 is 0 Å². The number of hydrogen-bond donors (Lipinski definition) is 1. The van der Waals surface area contributed by atoms with Crippen LogP contribution in [0.5, 0.6) is 11.5 Å². The molecule has 2 aliphatic heterocycles. The van der Waals surface area contributed by atoms with Crippen LogP contribution < -0.4 is 19.7 Å². The second-order valence-electron chi connectivity index (χ2n) is 8.87. The smallest absolute Gasteiger partial charge is 0.256 e. The molecule has 1 N–H and O–H groups in total. The molecule has 2 aromatic rings. The van der Waals surface area contributed by atoms with Crippen molar-refractivity contribution in [3.05, 3.63) is 47.0 Å². The van der Waals surface area contributed by atoms with E-state index in [1.54, 1.807) is 21.9 Å². The molecular weight excluding hydrogens is 434 g/mol. The van der Waals surface area contributed by atoms with Crippen LogP contribution in [0, 0.1) is 19.8 Å². The van der Waals surface area contributed by atoms with Crippen molar-refractivity contribution in [1.82, 2.24) is 4.90 Å². The van der Waals surface area contributed by atoms with Gasteiger partial charge in [-0.3, -0.25) is 14.4 Å². The van der Waals surface area contributed by atoms with Crippen LogP contribution in [-0.2, 0) is 9.59 Å². The zero-order valence-corrected chi connectivity index (χ0v) is 20.1. The van der Waals surface area contributed by atoms with E-state index in [9.17, 15) is 14.4 Å². The number of ether oxygens (including phenoxy) is 2. The molecule has 4 rings (SSSR count). The third kappa shape index (κ3) is 4.44. The number of carbonyl (C=O) groups excluding carboxylic acids is 3. The van der Waals surface area contributed by atoms with E-state index in [-0.39, 0.29) is 30.7 Å². The second-order valence-corrected chi connectivity index (χ2v) is 8.87. The van der Waals surface area contributed by atoms with Gasteiger partial charge in [0.15, 0.2) is 11.5 Å². The topological polar surface area (TPSA) is 88.2 Å². The van der Waals surface area contributed by atoms with Crippen LogP contribution in [0.1, 0.15) is 40.7 Å². The molecular formula is C26H31N3O5. The van der Waals surface area contributed by atoms with Crippen LogP contribution in [-0.4, -0.2) is 56.5 Å². The molecule has 8 nitrogen and oxygen atoms in total. The van der Waals surface area contributed by atoms with E-state index >= 15 is 0 Å². The Labute approximate surface area is 199 Å². The van der Waals surface area contributed by atoms with Gasteiger partial charge in [0, 0.05) is 37.8 Å². The van der Waals surface area contributed by atoms with E-state index in [1.165, 1.54) is 14.2 Å². The van der Waals surface area contributed by atoms with Crippen molar-refractivity contribution in [1.29, 1.82) is 0 Å². The number of anilines is 2. The van der Waals surface area contributed by atoms with E-state index in [2.05, 4.69) is 5.32 Å². The average Bonchev–Trinajstić information content (AvgIpc) is 3.50. The molecule has 0 bridgehead atoms. The van der Waals surface area contributed by atoms with Crippen molar-refractivity contribution >= 4 is 29.1 Å². The van der Waals surface area contributed by atoms with Gasteiger partial charge in [-0.15, -0.1) is 0 Å². The maximum absolute atomic E-state index is 13.3. The molecule has 8 heteroatoms. The van der Waals surface area contributed by atoms with Crippen molar-refractivity contribution in [2.45, 2.75) is 33.1 Å². The lowest BCUT2D eigenvalue weighted by molar-refractivity contribution is -0.122. The number of rotatable bonds is 6. The Morgan fingerprint density at radius 1 is 1.03 bits per heavy atom. The fraction of sp³-hybridized carbons (Fsp3) is 0.423. The first-order valence-corrected chi connectivity index (χ1v) is 11.6. The molecule has 1 unspecified atom stereocenters. The molecule has 2 heterocycles. The van der Waals surface area contributed by atoms with Crippen molar-refractivity contribution in [3.63, 3.8) is 0 Å². The predicted octanol–water partition coefficient (Wildman–Crippen LogP) is 3.55. The highest BCUT2D eigenvalue weighted by atomic mass is 16.5. The minimum absolute atomic E-state index is 0.0884. The monoisotopic (exact) mass is 465 g/mol. The molecule has 1 atom stereocenters. The molecule has 34 heavy (non-hydrogen) atoms. The number of nitrogens with one attached hydrogen (secondary N) is 1. The summed E-state index contributed by atoms with van der Waals surface area (Å²) >= 11 is 0. The van der Waals surface area contributed by atoms with Crippen molar-refractivity contribution < 1.29 is 23.9 Å². The van der Waals surface area contributed by atoms with Gasteiger partial charge in [-0.2, -0.15) is 0 Å². The summed E-state index contributed by atoms with van der Waals surface area (Å²) in [5.74, 6) is -0.252. The minimum Gasteiger partial charge on any atom is -0.493 e. The average molecular weight is 466 g/mol. The summed E-state index contributed by atoms with van der Waals surface area (Å²) < 4.78 is 10.8. The Morgan fingerprint density at radius 2 is 1.71 bits per heavy atom. The third-order valence-electron chi connectivity index (χ3n) is 6.77. The summed E-state index contributed by atoms with van der Waals surface area (Å²) in [7, 11) is 3.01. The van der Waals surface area contributed by atoms with Crippen LogP contribution in [0.4, 0.5) is 11.4 Å². The van der Waals surface area contributed by atoms with Gasteiger partial charge < -0.3 is 24.6 Å². The molecule has 3 amide bonds. The van der Waals surface area contributed by atoms with E-state index in [4.69, 9.17) is 9.47 Å². The third-order valence-corrected chi connectivity index (χ3v) is 6.77. The van der Waals surface area contributed by atoms with Crippen LogP contribution in [0.25, 0.3) is 0 Å². The van der Waals surface area contributed by atoms with Crippen molar-refractivity contribution in [3.8, 4) is 11.5 Å². The first-order chi connectivity index (χ1) is 16.3. The van der Waals surface area contributed by atoms with Crippen molar-refractivity contribution in [2.24, 2.45) is 5.92 Å². The molecule has 0 aromatic heterocycles. The normalized spacial score (nSPS) is 17.8. The van der Waals surface area contributed by atoms with Gasteiger partial charge in [-0.25, -0.2) is 0 Å². The van der Waals surface area contributed by atoms with Crippen LogP contribution in [0.2, 0.25) is 0 Å². The number of likely N-dealkylation sites (tertiary alicyclic amines) is 1. The van der Waals surface area contributed by atoms with Crippen LogP contribution in [0.15, 0.2) is 30.3 Å². The number of hydrogen-bond acceptors (Lipinski definition) is 5. The molecule has 180 valence electrons. The van der Waals surface area contributed by atoms with E-state index in [1.807, 2.05) is 32.0 Å². The summed E-state index contributed by atoms with van der Waals surface area (Å²) in [5.41, 5.74) is 3.65. The van der Waals surface area contributed by atoms with Gasteiger partial charge in [0.2, 0.25) is 11.8 Å². The summed E-state index contributed by atoms with van der Waals surface area (Å²) in [4.78, 5) is 42.7. The quantitative estimate of drug-likeness (QED) is 0.705. The molecule has 2 fully saturated rings. The largest absolute Gasteiger partial charge is 0.493 e. The number of methoxy groups -OCH3 is 2. The zero-order chi connectivity index (χ0) is 24.4. The fourth-order valence-electron chi connectivity index (χ4n) is 4.63. The Morgan fingerprint density at radius 3 is 2.38 bits per heavy atom. The first kappa shape index (κ1) is 23.6. The highest BCUT2D eigenvalue weighted by molar-refractivity contribution is 6.08. The number of benzene rings is 2. The Hall–Kier alpha value is -3.55. The molecule has 0 spiro atoms. The van der Waals surface area contributed by atoms with Crippen molar-refractivity contribution in [2.75, 3.05) is 44.1 Å². The first-order valence-electron chi connectivity index (χ1n) is 11.6. The van der Waals surface area contributed by atoms with Gasteiger partial charge in [0.05, 0.1) is 31.4 Å². The van der Waals surface area contributed by atoms with Gasteiger partial charge in [0.25, 0.3) is 5.91 Å². The SMILES string of the molecule is COc1cc(NC(=O)C2CC(=O)N(c3cccc(C)c3C)C2)c(C(=O)N2CCCC2)cc1OC. The molecule has 2 aromatic carbocycles. The lowest BCUT2D eigenvalue weighted by Crippen LogP contribution is -2.31. The lowest BCUT2D eigenvalue weighted by atomic mass is 10.1. The van der Waals surface area contributed by atoms with Gasteiger partial charge in [0.1, 0.15) is 0 Å². The van der Waals surface area contributed by atoms with E-state index < -0.39 is 5.92 Å². The molecule has 0 aliphatic carbocycles. The maximum Gasteiger partial charge on any atom is 0.256 e. The Bertz CT molecular complexity index is 1120. The number of nitrogens with zero attached hydrogens (tertiary/aromatic N) is 2. The van der Waals surface area contributed by atoms with E-state index in [0.29, 0.717) is 35.8 Å². The van der Waals surface area contributed by atoms with Crippen LogP contribution >= 0.6 is 0 Å². The zero-order valence-electron chi connectivity index (χ0n) is 20.1. The highest BCUT2D eigenvalue weighted by Gasteiger charge is 2.36. The number of amides is 3. The molecule has 0 radical (unpaired) electrons. The number of aryl methyl sites for hydroxylation is 1. The predicted molar refractivity (Wildman–Crippen MR) is 130 cm³/mol. The summed E-state index contributed by atoms with van der Waals surface area (Å²) in [6.07, 6.45) is 2.03. The summed E-state index contributed by atoms with van der Waals surface area (Å²) in [6.45, 7) is 5.63. The maximum atomic E-state index is 13.3. The van der Waals surface area contributed by atoms with Crippen LogP contribution in [0.3, 0.4) is 0 Å². The minimum atomic E-state index is -0.532. The lowest BCUT2D eigenvalue weighted by Gasteiger charge is -2.21. The van der Waals surface area contributed by atoms with Gasteiger partial charge in [-0.1, -0.05) is 12.1 Å². The summed E-state index contributed by atoms with van der Waals surface area (Å²) in [5, 5.41) is 2.90. The Balaban J connectivity index is 1.59. The highest BCUT2D eigenvalue weighted by Crippen LogP contribution is 2.36. The molecule has 2 aliphatic rings. The Kier molecular flexibility index (Phi) is 6.77. The fourth-order valence-corrected chi connectivity index (χ4v) is 4.63. The molecule has 2 saturated heterocycles. The molecule has 0 saturated carbocycles. The summed E-state index contributed by atoms with van der Waals surface area (Å²) in [6, 6.07) is 9.04. The van der Waals surface area contributed by atoms with Gasteiger partial charge in [-0.05, 0) is 49.9 Å². The standard InChI is InChI=1S/C26H31N3O5/c1-16-8-7-9-21(17(16)2)29-15-18(12-24(29)30)25(31)27-20-14-23(34-4)22(33-3)13-19(20)26(32)28-10-5-6-11-28/h7-9,13-14,18H,5-6,10-12,15H2,1-4H3,(H,27,31). The number of carbonyl (C=O) groups is 3.